The van der Waals surface area contributed by atoms with E-state index in [1.54, 1.807) is 58.0 Å². The standard InChI is InChI=1S/C30H39N7O9S2/c1-5-45-25(39)18-36(13-12-32-48(42,43)29-34-22-9-6-7-10-23(22)47-29)24(38)17-37-16-20-15-21(33-26(20)35-27(37)40)19-44-14-8-11-31-28(41)46-30(2,3)4/h6-7,9-10,15-16,32H,5,8,11-14,17-19H2,1-4H3,(H,31,41)(H,33,35,40). The molecule has 0 aliphatic rings. The van der Waals surface area contributed by atoms with Crippen molar-refractivity contribution in [1.29, 1.82) is 0 Å². The van der Waals surface area contributed by atoms with Crippen molar-refractivity contribution in [3.8, 4) is 0 Å². The quantitative estimate of drug-likeness (QED) is 0.114. The summed E-state index contributed by atoms with van der Waals surface area (Å²) in [6.45, 7) is 6.69. The number of nitrogens with zero attached hydrogens (tertiary/aromatic N) is 4. The number of para-hydroxylation sites is 1. The van der Waals surface area contributed by atoms with Crippen LogP contribution in [0.1, 0.15) is 39.8 Å². The van der Waals surface area contributed by atoms with E-state index in [2.05, 4.69) is 25.0 Å². The van der Waals surface area contributed by atoms with Crippen LogP contribution in [0, 0.1) is 0 Å². The monoisotopic (exact) mass is 705 g/mol. The second kappa shape index (κ2) is 16.1. The van der Waals surface area contributed by atoms with Gasteiger partial charge in [-0.3, -0.25) is 14.2 Å². The number of nitrogens with one attached hydrogen (secondary N) is 3. The van der Waals surface area contributed by atoms with Crippen LogP contribution >= 0.6 is 11.3 Å². The molecule has 0 bridgehead atoms. The lowest BCUT2D eigenvalue weighted by Gasteiger charge is -2.22. The van der Waals surface area contributed by atoms with Crippen LogP contribution in [0.3, 0.4) is 0 Å². The predicted octanol–water partition coefficient (Wildman–Crippen LogP) is 2.14. The third-order valence-corrected chi connectivity index (χ3v) is 9.36. The largest absolute Gasteiger partial charge is 0.465 e. The third kappa shape index (κ3) is 10.6. The Kier molecular flexibility index (Phi) is 12.3. The number of sulfonamides is 1. The number of esters is 1. The molecule has 1 aromatic carbocycles. The molecule has 16 nitrogen and oxygen atoms in total. The molecule has 4 rings (SSSR count). The van der Waals surface area contributed by atoms with Crippen LogP contribution < -0.4 is 15.7 Å². The molecule has 0 saturated heterocycles. The lowest BCUT2D eigenvalue weighted by molar-refractivity contribution is -0.149. The normalized spacial score (nSPS) is 11.9. The van der Waals surface area contributed by atoms with Crippen LogP contribution in [0.5, 0.6) is 0 Å². The number of fused-ring (bicyclic) bond motifs is 2. The van der Waals surface area contributed by atoms with Crippen molar-refractivity contribution in [2.45, 2.75) is 57.2 Å². The zero-order valence-electron chi connectivity index (χ0n) is 27.1. The molecule has 0 aliphatic heterocycles. The molecule has 0 fully saturated rings. The van der Waals surface area contributed by atoms with Gasteiger partial charge in [0.25, 0.3) is 10.0 Å². The second-order valence-electron chi connectivity index (χ2n) is 11.6. The molecule has 260 valence electrons. The van der Waals surface area contributed by atoms with Crippen molar-refractivity contribution in [3.63, 3.8) is 0 Å². The van der Waals surface area contributed by atoms with E-state index in [4.69, 9.17) is 14.2 Å². The van der Waals surface area contributed by atoms with Crippen molar-refractivity contribution in [1.82, 2.24) is 34.5 Å². The van der Waals surface area contributed by atoms with E-state index >= 15 is 0 Å². The van der Waals surface area contributed by atoms with Gasteiger partial charge in [0, 0.05) is 43.5 Å². The average Bonchev–Trinajstić information content (AvgIpc) is 3.62. The summed E-state index contributed by atoms with van der Waals surface area (Å²) < 4.78 is 45.7. The molecule has 0 unspecified atom stereocenters. The van der Waals surface area contributed by atoms with E-state index in [0.717, 1.165) is 20.8 Å². The number of H-pyrrole nitrogens is 1. The fourth-order valence-corrected chi connectivity index (χ4v) is 6.67. The summed E-state index contributed by atoms with van der Waals surface area (Å²) in [7, 11) is -3.99. The molecule has 3 heterocycles. The number of rotatable bonds is 16. The van der Waals surface area contributed by atoms with E-state index < -0.39 is 52.4 Å². The highest BCUT2D eigenvalue weighted by molar-refractivity contribution is 7.91. The number of aromatic amines is 1. The minimum Gasteiger partial charge on any atom is -0.465 e. The van der Waals surface area contributed by atoms with Crippen molar-refractivity contribution < 1.29 is 37.0 Å². The Morgan fingerprint density at radius 2 is 1.90 bits per heavy atom. The topological polar surface area (TPSA) is 204 Å². The van der Waals surface area contributed by atoms with Crippen LogP contribution in [0.15, 0.2) is 45.7 Å². The zero-order valence-corrected chi connectivity index (χ0v) is 28.7. The third-order valence-electron chi connectivity index (χ3n) is 6.48. The summed E-state index contributed by atoms with van der Waals surface area (Å²) >= 11 is 1.01. The smallest absolute Gasteiger partial charge is 0.407 e. The molecule has 18 heteroatoms. The summed E-state index contributed by atoms with van der Waals surface area (Å²) in [5.74, 6) is -1.30. The Morgan fingerprint density at radius 3 is 2.62 bits per heavy atom. The summed E-state index contributed by atoms with van der Waals surface area (Å²) in [6, 6.07) is 8.74. The first-order chi connectivity index (χ1) is 22.7. The molecule has 3 N–H and O–H groups in total. The average molecular weight is 706 g/mol. The summed E-state index contributed by atoms with van der Waals surface area (Å²) in [6.07, 6.45) is 1.51. The lowest BCUT2D eigenvalue weighted by atomic mass is 10.2. The number of hydrogen-bond donors (Lipinski definition) is 3. The van der Waals surface area contributed by atoms with Crippen LogP contribution in [0.4, 0.5) is 4.79 Å². The number of ether oxygens (including phenoxy) is 3. The number of amides is 2. The SMILES string of the molecule is CCOC(=O)CN(CCNS(=O)(=O)c1nc2ccccc2s1)C(=O)Cn1cc2cc(COCCCNC(=O)OC(C)(C)C)[nH]c2nc1=O. The van der Waals surface area contributed by atoms with E-state index in [1.165, 1.54) is 6.20 Å². The molecule has 48 heavy (non-hydrogen) atoms. The predicted molar refractivity (Wildman–Crippen MR) is 177 cm³/mol. The number of carbonyl (C=O) groups is 3. The molecule has 0 saturated carbocycles. The van der Waals surface area contributed by atoms with Crippen LogP contribution in [0.25, 0.3) is 21.3 Å². The zero-order chi connectivity index (χ0) is 34.9. The summed E-state index contributed by atoms with van der Waals surface area (Å²) in [5, 5.41) is 3.20. The maximum Gasteiger partial charge on any atom is 0.407 e. The highest BCUT2D eigenvalue weighted by atomic mass is 32.2. The molecular weight excluding hydrogens is 667 g/mol. The lowest BCUT2D eigenvalue weighted by Crippen LogP contribution is -2.44. The fourth-order valence-electron chi connectivity index (χ4n) is 4.39. The van der Waals surface area contributed by atoms with Crippen molar-refractivity contribution >= 4 is 60.6 Å². The minimum absolute atomic E-state index is 0.0909. The Morgan fingerprint density at radius 1 is 1.12 bits per heavy atom. The van der Waals surface area contributed by atoms with E-state index in [0.29, 0.717) is 46.5 Å². The van der Waals surface area contributed by atoms with Gasteiger partial charge in [-0.05, 0) is 52.3 Å². The first-order valence-corrected chi connectivity index (χ1v) is 17.5. The van der Waals surface area contributed by atoms with Crippen LogP contribution in [0.2, 0.25) is 0 Å². The molecule has 3 aromatic heterocycles. The van der Waals surface area contributed by atoms with E-state index in [-0.39, 0.29) is 30.6 Å². The molecule has 2 amide bonds. The molecule has 4 aromatic rings. The van der Waals surface area contributed by atoms with Gasteiger partial charge in [0.1, 0.15) is 24.3 Å². The van der Waals surface area contributed by atoms with Gasteiger partial charge in [0.15, 0.2) is 0 Å². The summed E-state index contributed by atoms with van der Waals surface area (Å²) in [4.78, 5) is 62.4. The van der Waals surface area contributed by atoms with Gasteiger partial charge in [-0.1, -0.05) is 12.1 Å². The molecule has 0 radical (unpaired) electrons. The van der Waals surface area contributed by atoms with E-state index in [1.807, 2.05) is 0 Å². The van der Waals surface area contributed by atoms with Gasteiger partial charge < -0.3 is 29.4 Å². The van der Waals surface area contributed by atoms with Gasteiger partial charge in [-0.25, -0.2) is 27.7 Å². The maximum atomic E-state index is 13.3. The van der Waals surface area contributed by atoms with Crippen molar-refractivity contribution in [2.24, 2.45) is 0 Å². The minimum atomic E-state index is -3.99. The van der Waals surface area contributed by atoms with Gasteiger partial charge in [-0.15, -0.1) is 11.3 Å². The van der Waals surface area contributed by atoms with Gasteiger partial charge >= 0.3 is 17.8 Å². The first-order valence-electron chi connectivity index (χ1n) is 15.2. The number of hydrogen-bond acceptors (Lipinski definition) is 12. The number of alkyl carbamates (subject to hydrolysis) is 1. The molecular formula is C30H39N7O9S2. The van der Waals surface area contributed by atoms with Crippen molar-refractivity contribution in [3.05, 3.63) is 52.7 Å². The van der Waals surface area contributed by atoms with E-state index in [9.17, 15) is 27.6 Å². The Hall–Kier alpha value is -4.39. The Labute approximate surface area is 280 Å². The second-order valence-corrected chi connectivity index (χ2v) is 14.5. The van der Waals surface area contributed by atoms with Crippen LogP contribution in [-0.4, -0.2) is 95.8 Å². The highest BCUT2D eigenvalue weighted by Gasteiger charge is 2.23. The Bertz CT molecular complexity index is 1880. The van der Waals surface area contributed by atoms with Gasteiger partial charge in [0.05, 0.1) is 23.4 Å². The highest BCUT2D eigenvalue weighted by Crippen LogP contribution is 2.24. The van der Waals surface area contributed by atoms with Gasteiger partial charge in [-0.2, -0.15) is 4.98 Å². The molecule has 0 spiro atoms. The summed E-state index contributed by atoms with van der Waals surface area (Å²) in [5.41, 5.74) is 0.214. The van der Waals surface area contributed by atoms with Crippen LogP contribution in [-0.2, 0) is 47.0 Å². The number of carbonyl (C=O) groups excluding carboxylic acids is 3. The number of aromatic nitrogens is 4. The number of benzene rings is 1. The fraction of sp³-hybridized carbons (Fsp3) is 0.467. The van der Waals surface area contributed by atoms with Gasteiger partial charge in [0.2, 0.25) is 10.2 Å². The van der Waals surface area contributed by atoms with Crippen molar-refractivity contribution in [2.75, 3.05) is 39.4 Å². The maximum absolute atomic E-state index is 13.3. The molecule has 0 atom stereocenters. The Balaban J connectivity index is 1.34. The number of thiazole rings is 1. The first kappa shape index (κ1) is 36.4. The molecule has 0 aliphatic carbocycles.